The van der Waals surface area contributed by atoms with Crippen LogP contribution >= 0.6 is 20.6 Å². The van der Waals surface area contributed by atoms with Crippen LogP contribution in [0.15, 0.2) is 17.5 Å². The lowest BCUT2D eigenvalue weighted by Crippen LogP contribution is -2.25. The zero-order chi connectivity index (χ0) is 9.03. The van der Waals surface area contributed by atoms with Crippen molar-refractivity contribution in [3.05, 3.63) is 17.5 Å². The van der Waals surface area contributed by atoms with Gasteiger partial charge in [0.15, 0.2) is 5.06 Å². The van der Waals surface area contributed by atoms with Crippen LogP contribution in [-0.4, -0.2) is 5.34 Å². The van der Waals surface area contributed by atoms with E-state index in [2.05, 4.69) is 23.1 Å². The fourth-order valence-corrected chi connectivity index (χ4v) is 1.79. The number of thiophene rings is 1. The second kappa shape index (κ2) is 4.25. The third-order valence-corrected chi connectivity index (χ3v) is 3.68. The smallest absolute Gasteiger partial charge is 0.175 e. The van der Waals surface area contributed by atoms with Gasteiger partial charge in [0.05, 0.1) is 0 Å². The van der Waals surface area contributed by atoms with Crippen molar-refractivity contribution in [3.8, 4) is 5.06 Å². The molecule has 1 nitrogen and oxygen atoms in total. The first-order chi connectivity index (χ1) is 5.70. The van der Waals surface area contributed by atoms with Crippen molar-refractivity contribution in [1.82, 2.24) is 0 Å². The molecule has 1 aromatic rings. The fraction of sp³-hybridized carbons (Fsp3) is 0.556. The molecule has 0 aromatic carbocycles. The van der Waals surface area contributed by atoms with Crippen molar-refractivity contribution >= 4 is 20.6 Å². The first-order valence-corrected chi connectivity index (χ1v) is 5.67. The minimum absolute atomic E-state index is 0.0646. The number of rotatable bonds is 4. The molecule has 68 valence electrons. The third kappa shape index (κ3) is 2.46. The van der Waals surface area contributed by atoms with Crippen LogP contribution in [0, 0.1) is 0 Å². The van der Waals surface area contributed by atoms with E-state index in [0.29, 0.717) is 0 Å². The predicted octanol–water partition coefficient (Wildman–Crippen LogP) is 3.52. The second-order valence-corrected chi connectivity index (χ2v) is 4.77. The molecule has 0 aliphatic heterocycles. The molecule has 1 atom stereocenters. The maximum absolute atomic E-state index is 5.82. The van der Waals surface area contributed by atoms with E-state index in [1.54, 1.807) is 11.3 Å². The second-order valence-electron chi connectivity index (χ2n) is 2.81. The maximum Gasteiger partial charge on any atom is 0.175 e. The highest BCUT2D eigenvalue weighted by Gasteiger charge is 2.21. The highest BCUT2D eigenvalue weighted by atomic mass is 32.1. The van der Waals surface area contributed by atoms with E-state index in [1.807, 2.05) is 17.5 Å². The monoisotopic (exact) mass is 202 g/mol. The van der Waals surface area contributed by atoms with Gasteiger partial charge in [-0.15, -0.1) is 11.3 Å². The first kappa shape index (κ1) is 10.0. The molecule has 1 unspecified atom stereocenters. The Balaban J connectivity index is 2.60. The Bertz CT molecular complexity index is 216. The first-order valence-electron chi connectivity index (χ1n) is 4.21. The van der Waals surface area contributed by atoms with Crippen LogP contribution in [0.3, 0.4) is 0 Å². The van der Waals surface area contributed by atoms with Crippen molar-refractivity contribution < 1.29 is 4.74 Å². The van der Waals surface area contributed by atoms with Crippen LogP contribution in [-0.2, 0) is 0 Å². The van der Waals surface area contributed by atoms with Gasteiger partial charge in [-0.3, -0.25) is 0 Å². The summed E-state index contributed by atoms with van der Waals surface area (Å²) in [6.07, 6.45) is 2.04. The summed E-state index contributed by atoms with van der Waals surface area (Å²) in [6.45, 7) is 4.29. The normalized spacial score (nSPS) is 11.6. The molecule has 0 bridgehead atoms. The Morgan fingerprint density at radius 3 is 2.58 bits per heavy atom. The number of ether oxygens (including phenoxy) is 1. The predicted molar refractivity (Wildman–Crippen MR) is 58.0 cm³/mol. The lowest BCUT2D eigenvalue weighted by Gasteiger charge is -2.26. The summed E-state index contributed by atoms with van der Waals surface area (Å²) in [5.74, 6) is 0. The van der Waals surface area contributed by atoms with E-state index in [0.717, 1.165) is 17.9 Å². The zero-order valence-corrected chi connectivity index (χ0v) is 9.51. The van der Waals surface area contributed by atoms with Gasteiger partial charge in [-0.25, -0.2) is 0 Å². The highest BCUT2D eigenvalue weighted by Crippen LogP contribution is 2.32. The van der Waals surface area contributed by atoms with Gasteiger partial charge in [0.25, 0.3) is 0 Å². The van der Waals surface area contributed by atoms with E-state index in [-0.39, 0.29) is 5.34 Å². The van der Waals surface area contributed by atoms with Gasteiger partial charge in [0.2, 0.25) is 0 Å². The summed E-state index contributed by atoms with van der Waals surface area (Å²) in [6, 6.07) is 4.02. The number of hydrogen-bond acceptors (Lipinski definition) is 2. The molecule has 0 radical (unpaired) electrons. The van der Waals surface area contributed by atoms with Crippen molar-refractivity contribution in [2.75, 3.05) is 0 Å². The Labute approximate surface area is 80.3 Å². The average Bonchev–Trinajstić information content (AvgIpc) is 2.57. The SMILES string of the molecule is CCC(P)(CC)Oc1cccs1. The van der Waals surface area contributed by atoms with Gasteiger partial charge in [-0.1, -0.05) is 23.1 Å². The van der Waals surface area contributed by atoms with Crippen LogP contribution in [0.5, 0.6) is 5.06 Å². The molecule has 12 heavy (non-hydrogen) atoms. The highest BCUT2D eigenvalue weighted by molar-refractivity contribution is 7.18. The quantitative estimate of drug-likeness (QED) is 0.679. The van der Waals surface area contributed by atoms with E-state index in [1.165, 1.54) is 0 Å². The van der Waals surface area contributed by atoms with Crippen molar-refractivity contribution in [1.29, 1.82) is 0 Å². The molecule has 0 aliphatic rings. The summed E-state index contributed by atoms with van der Waals surface area (Å²) >= 11 is 1.64. The van der Waals surface area contributed by atoms with Gasteiger partial charge in [0, 0.05) is 0 Å². The molecule has 0 spiro atoms. The van der Waals surface area contributed by atoms with E-state index < -0.39 is 0 Å². The van der Waals surface area contributed by atoms with Crippen LogP contribution in [0.25, 0.3) is 0 Å². The lowest BCUT2D eigenvalue weighted by atomic mass is 10.2. The summed E-state index contributed by atoms with van der Waals surface area (Å²) in [5, 5.41) is 2.98. The third-order valence-electron chi connectivity index (χ3n) is 2.00. The number of hydrogen-bond donors (Lipinski definition) is 0. The lowest BCUT2D eigenvalue weighted by molar-refractivity contribution is 0.161. The minimum Gasteiger partial charge on any atom is -0.474 e. The topological polar surface area (TPSA) is 9.23 Å². The average molecular weight is 202 g/mol. The molecule has 0 amide bonds. The minimum atomic E-state index is -0.0646. The Morgan fingerprint density at radius 2 is 2.17 bits per heavy atom. The van der Waals surface area contributed by atoms with E-state index in [4.69, 9.17) is 4.74 Å². The molecule has 1 rings (SSSR count). The largest absolute Gasteiger partial charge is 0.474 e. The fourth-order valence-electron chi connectivity index (χ4n) is 0.916. The molecule has 3 heteroatoms. The molecule has 1 heterocycles. The van der Waals surface area contributed by atoms with Crippen molar-refractivity contribution in [2.24, 2.45) is 0 Å². The van der Waals surface area contributed by atoms with Crippen molar-refractivity contribution in [3.63, 3.8) is 0 Å². The molecule has 1 aromatic heterocycles. The van der Waals surface area contributed by atoms with E-state index in [9.17, 15) is 0 Å². The van der Waals surface area contributed by atoms with Crippen LogP contribution in [0.4, 0.5) is 0 Å². The Kier molecular flexibility index (Phi) is 3.54. The molecular formula is C9H15OPS. The summed E-state index contributed by atoms with van der Waals surface area (Å²) in [4.78, 5) is 0. The maximum atomic E-state index is 5.82. The molecule has 0 fully saturated rings. The standard InChI is InChI=1S/C9H15OPS/c1-3-9(11,4-2)10-8-6-5-7-12-8/h5-7H,3-4,11H2,1-2H3. The van der Waals surface area contributed by atoms with E-state index >= 15 is 0 Å². The van der Waals surface area contributed by atoms with Gasteiger partial charge in [-0.05, 0) is 30.4 Å². The van der Waals surface area contributed by atoms with Crippen LogP contribution in [0.1, 0.15) is 26.7 Å². The van der Waals surface area contributed by atoms with Gasteiger partial charge in [-0.2, -0.15) is 0 Å². The molecular weight excluding hydrogens is 187 g/mol. The summed E-state index contributed by atoms with van der Waals surface area (Å²) in [7, 11) is 2.79. The molecule has 0 saturated carbocycles. The molecule has 0 aliphatic carbocycles. The van der Waals surface area contributed by atoms with Crippen molar-refractivity contribution in [2.45, 2.75) is 32.0 Å². The molecule has 0 saturated heterocycles. The Hall–Kier alpha value is -0.0700. The van der Waals surface area contributed by atoms with Crippen LogP contribution < -0.4 is 4.74 Å². The zero-order valence-electron chi connectivity index (χ0n) is 7.54. The molecule has 0 N–H and O–H groups in total. The van der Waals surface area contributed by atoms with Gasteiger partial charge >= 0.3 is 0 Å². The van der Waals surface area contributed by atoms with Crippen LogP contribution in [0.2, 0.25) is 0 Å². The van der Waals surface area contributed by atoms with Gasteiger partial charge < -0.3 is 4.74 Å². The summed E-state index contributed by atoms with van der Waals surface area (Å²) in [5.41, 5.74) is 0. The Morgan fingerprint density at radius 1 is 1.50 bits per heavy atom. The summed E-state index contributed by atoms with van der Waals surface area (Å²) < 4.78 is 5.82. The van der Waals surface area contributed by atoms with Gasteiger partial charge in [0.1, 0.15) is 5.34 Å².